The van der Waals surface area contributed by atoms with Gasteiger partial charge in [-0.3, -0.25) is 4.79 Å². The van der Waals surface area contributed by atoms with E-state index >= 15 is 0 Å². The molecule has 0 heterocycles. The number of aromatic hydroxyl groups is 1. The van der Waals surface area contributed by atoms with E-state index in [1.165, 1.54) is 6.07 Å². The highest BCUT2D eigenvalue weighted by Gasteiger charge is 2.10. The van der Waals surface area contributed by atoms with Gasteiger partial charge < -0.3 is 16.2 Å². The van der Waals surface area contributed by atoms with Crippen LogP contribution in [0.25, 0.3) is 0 Å². The summed E-state index contributed by atoms with van der Waals surface area (Å²) < 4.78 is 12.9. The molecule has 0 saturated carbocycles. The summed E-state index contributed by atoms with van der Waals surface area (Å²) in [6.45, 7) is 0. The van der Waals surface area contributed by atoms with Crippen LogP contribution in [-0.4, -0.2) is 16.9 Å². The van der Waals surface area contributed by atoms with Crippen molar-refractivity contribution in [3.05, 3.63) is 17.9 Å². The number of halogens is 2. The van der Waals surface area contributed by atoms with E-state index in [-0.39, 0.29) is 17.3 Å². The summed E-state index contributed by atoms with van der Waals surface area (Å²) >= 11 is 5.22. The first-order chi connectivity index (χ1) is 6.54. The van der Waals surface area contributed by atoms with Crippen molar-refractivity contribution in [2.75, 3.05) is 16.9 Å². The first-order valence-electron chi connectivity index (χ1n) is 3.68. The Morgan fingerprint density at radius 3 is 2.86 bits per heavy atom. The monoisotopic (exact) mass is 218 g/mol. The Balaban J connectivity index is 3.02. The van der Waals surface area contributed by atoms with E-state index in [1.54, 1.807) is 0 Å². The fraction of sp³-hybridized carbons (Fsp3) is 0.125. The lowest BCUT2D eigenvalue weighted by molar-refractivity contribution is -0.113. The Hall–Kier alpha value is -1.49. The zero-order valence-electron chi connectivity index (χ0n) is 7.05. The predicted octanol–water partition coefficient (Wildman–Crippen LogP) is 1.29. The number of anilines is 2. The largest absolute Gasteiger partial charge is 0.503 e. The lowest BCUT2D eigenvalue weighted by Crippen LogP contribution is -2.13. The van der Waals surface area contributed by atoms with E-state index in [1.807, 2.05) is 0 Å². The van der Waals surface area contributed by atoms with Gasteiger partial charge >= 0.3 is 0 Å². The smallest absolute Gasteiger partial charge is 0.239 e. The number of hydrogen-bond donors (Lipinski definition) is 3. The molecule has 4 nitrogen and oxygen atoms in total. The van der Waals surface area contributed by atoms with Gasteiger partial charge in [0.15, 0.2) is 11.6 Å². The summed E-state index contributed by atoms with van der Waals surface area (Å²) in [5.41, 5.74) is 5.32. The highest BCUT2D eigenvalue weighted by Crippen LogP contribution is 2.29. The maximum Gasteiger partial charge on any atom is 0.239 e. The lowest BCUT2D eigenvalue weighted by atomic mass is 10.2. The molecule has 0 aliphatic carbocycles. The standard InChI is InChI=1S/C8H8ClFN2O2/c9-3-7(13)12-6-2-4(11)1-5(10)8(6)14/h1-2,14H,3,11H2,(H,12,13). The molecular weight excluding hydrogens is 211 g/mol. The molecule has 0 radical (unpaired) electrons. The number of benzene rings is 1. The second-order valence-corrected chi connectivity index (χ2v) is 2.85. The van der Waals surface area contributed by atoms with Crippen LogP contribution in [0.15, 0.2) is 12.1 Å². The molecule has 0 aliphatic rings. The Morgan fingerprint density at radius 2 is 2.29 bits per heavy atom. The molecule has 0 aliphatic heterocycles. The van der Waals surface area contributed by atoms with Crippen molar-refractivity contribution >= 4 is 28.9 Å². The maximum atomic E-state index is 12.9. The lowest BCUT2D eigenvalue weighted by Gasteiger charge is -2.07. The zero-order valence-corrected chi connectivity index (χ0v) is 7.81. The maximum absolute atomic E-state index is 12.9. The third-order valence-corrected chi connectivity index (χ3v) is 1.72. The van der Waals surface area contributed by atoms with Crippen LogP contribution in [0.2, 0.25) is 0 Å². The summed E-state index contributed by atoms with van der Waals surface area (Å²) in [7, 11) is 0. The molecule has 0 aromatic heterocycles. The third-order valence-electron chi connectivity index (χ3n) is 1.48. The van der Waals surface area contributed by atoms with E-state index in [0.717, 1.165) is 6.07 Å². The van der Waals surface area contributed by atoms with Gasteiger partial charge in [-0.2, -0.15) is 0 Å². The van der Waals surface area contributed by atoms with E-state index in [0.29, 0.717) is 0 Å². The number of rotatable bonds is 2. The van der Waals surface area contributed by atoms with Crippen molar-refractivity contribution in [1.29, 1.82) is 0 Å². The van der Waals surface area contributed by atoms with Gasteiger partial charge in [0.25, 0.3) is 0 Å². The molecule has 76 valence electrons. The summed E-state index contributed by atoms with van der Waals surface area (Å²) in [5.74, 6) is -2.38. The topological polar surface area (TPSA) is 75.3 Å². The molecule has 0 fully saturated rings. The Morgan fingerprint density at radius 1 is 1.64 bits per heavy atom. The van der Waals surface area contributed by atoms with Crippen molar-refractivity contribution < 1.29 is 14.3 Å². The molecule has 0 bridgehead atoms. The Bertz CT molecular complexity index is 371. The molecule has 1 rings (SSSR count). The highest BCUT2D eigenvalue weighted by atomic mass is 35.5. The van der Waals surface area contributed by atoms with E-state index in [4.69, 9.17) is 17.3 Å². The molecule has 0 atom stereocenters. The van der Waals surface area contributed by atoms with Crippen molar-refractivity contribution in [3.63, 3.8) is 0 Å². The molecule has 1 amide bonds. The molecule has 1 aromatic carbocycles. The number of nitrogens with two attached hydrogens (primary N) is 1. The van der Waals surface area contributed by atoms with E-state index in [2.05, 4.69) is 5.32 Å². The highest BCUT2D eigenvalue weighted by molar-refractivity contribution is 6.29. The number of carbonyl (C=O) groups is 1. The summed E-state index contributed by atoms with van der Waals surface area (Å²) in [6.07, 6.45) is 0. The molecule has 1 aromatic rings. The van der Waals surface area contributed by atoms with Gasteiger partial charge in [-0.25, -0.2) is 4.39 Å². The van der Waals surface area contributed by atoms with Crippen molar-refractivity contribution in [2.45, 2.75) is 0 Å². The van der Waals surface area contributed by atoms with Gasteiger partial charge in [0.2, 0.25) is 5.91 Å². The minimum atomic E-state index is -0.894. The minimum Gasteiger partial charge on any atom is -0.503 e. The quantitative estimate of drug-likeness (QED) is 0.303. The minimum absolute atomic E-state index is 0.0897. The number of phenols is 1. The summed E-state index contributed by atoms with van der Waals surface area (Å²) in [4.78, 5) is 10.8. The number of amides is 1. The van der Waals surface area contributed by atoms with Gasteiger partial charge in [0, 0.05) is 11.8 Å². The Labute approximate surface area is 84.5 Å². The molecule has 0 unspecified atom stereocenters. The number of hydrogen-bond acceptors (Lipinski definition) is 3. The van der Waals surface area contributed by atoms with Crippen LogP contribution in [0.1, 0.15) is 0 Å². The van der Waals surface area contributed by atoms with Gasteiger partial charge in [0.1, 0.15) is 5.88 Å². The number of nitrogen functional groups attached to an aromatic ring is 1. The number of carbonyl (C=O) groups excluding carboxylic acids is 1. The average Bonchev–Trinajstić information content (AvgIpc) is 2.13. The fourth-order valence-electron chi connectivity index (χ4n) is 0.899. The number of phenolic OH excluding ortho intramolecular Hbond substituents is 1. The normalized spacial score (nSPS) is 9.86. The van der Waals surface area contributed by atoms with Gasteiger partial charge in [0.05, 0.1) is 5.69 Å². The van der Waals surface area contributed by atoms with Gasteiger partial charge in [-0.15, -0.1) is 11.6 Å². The molecule has 6 heteroatoms. The number of nitrogens with one attached hydrogen (secondary N) is 1. The SMILES string of the molecule is Nc1cc(F)c(O)c(NC(=O)CCl)c1. The van der Waals surface area contributed by atoms with Crippen LogP contribution >= 0.6 is 11.6 Å². The molecular formula is C8H8ClFN2O2. The fourth-order valence-corrected chi connectivity index (χ4v) is 0.966. The van der Waals surface area contributed by atoms with Gasteiger partial charge in [-0.1, -0.05) is 0 Å². The van der Waals surface area contributed by atoms with Crippen molar-refractivity contribution in [1.82, 2.24) is 0 Å². The molecule has 14 heavy (non-hydrogen) atoms. The third kappa shape index (κ3) is 2.26. The van der Waals surface area contributed by atoms with Crippen LogP contribution in [0, 0.1) is 5.82 Å². The number of alkyl halides is 1. The average molecular weight is 219 g/mol. The zero-order chi connectivity index (χ0) is 10.7. The van der Waals surface area contributed by atoms with Crippen LogP contribution in [0.3, 0.4) is 0 Å². The first-order valence-corrected chi connectivity index (χ1v) is 4.22. The van der Waals surface area contributed by atoms with Gasteiger partial charge in [-0.05, 0) is 6.07 Å². The summed E-state index contributed by atoms with van der Waals surface area (Å²) in [5, 5.41) is 11.4. The molecule has 0 saturated heterocycles. The van der Waals surface area contributed by atoms with Crippen LogP contribution in [0.4, 0.5) is 15.8 Å². The van der Waals surface area contributed by atoms with Crippen molar-refractivity contribution in [3.8, 4) is 5.75 Å². The molecule has 0 spiro atoms. The molecule has 4 N–H and O–H groups in total. The summed E-state index contributed by atoms with van der Waals surface area (Å²) in [6, 6.07) is 2.19. The second kappa shape index (κ2) is 4.15. The van der Waals surface area contributed by atoms with E-state index < -0.39 is 17.5 Å². The predicted molar refractivity (Wildman–Crippen MR) is 51.8 cm³/mol. The Kier molecular flexibility index (Phi) is 3.14. The van der Waals surface area contributed by atoms with E-state index in [9.17, 15) is 14.3 Å². The second-order valence-electron chi connectivity index (χ2n) is 2.58. The van der Waals surface area contributed by atoms with Crippen LogP contribution in [0.5, 0.6) is 5.75 Å². The first kappa shape index (κ1) is 10.6. The van der Waals surface area contributed by atoms with Crippen LogP contribution < -0.4 is 11.1 Å². The van der Waals surface area contributed by atoms with Crippen molar-refractivity contribution in [2.24, 2.45) is 0 Å². The van der Waals surface area contributed by atoms with Crippen LogP contribution in [-0.2, 0) is 4.79 Å².